The largest absolute Gasteiger partial charge is 0.368 e. The minimum absolute atomic E-state index is 0.392. The van der Waals surface area contributed by atoms with Gasteiger partial charge in [-0.1, -0.05) is 19.3 Å². The molecule has 0 spiro atoms. The van der Waals surface area contributed by atoms with E-state index in [0.29, 0.717) is 6.42 Å². The number of unbranched alkanes of at least 4 members (excludes halogenated alkanes) is 1. The van der Waals surface area contributed by atoms with Gasteiger partial charge in [0, 0.05) is 0 Å². The number of carbonyl (C=O) groups is 1. The minimum atomic E-state index is -0.823. The van der Waals surface area contributed by atoms with Gasteiger partial charge in [-0.3, -0.25) is 4.79 Å². The molecule has 4 heteroatoms. The highest BCUT2D eigenvalue weighted by Crippen LogP contribution is 2.28. The van der Waals surface area contributed by atoms with Crippen molar-refractivity contribution in [2.75, 3.05) is 11.5 Å². The maximum absolute atomic E-state index is 11.0. The minimum Gasteiger partial charge on any atom is -0.368 e. The van der Waals surface area contributed by atoms with Gasteiger partial charge in [0.05, 0.1) is 5.54 Å². The van der Waals surface area contributed by atoms with E-state index in [9.17, 15) is 4.79 Å². The van der Waals surface area contributed by atoms with Crippen LogP contribution in [0.15, 0.2) is 0 Å². The number of primary amides is 1. The van der Waals surface area contributed by atoms with Gasteiger partial charge in [-0.25, -0.2) is 0 Å². The quantitative estimate of drug-likeness (QED) is 0.656. The summed E-state index contributed by atoms with van der Waals surface area (Å²) in [7, 11) is 0. The number of hydrogen-bond donors (Lipinski definition) is 2. The molecular weight excluding hydrogens is 232 g/mol. The normalized spacial score (nSPS) is 20.4. The smallest absolute Gasteiger partial charge is 0.237 e. The fourth-order valence-electron chi connectivity index (χ4n) is 2.25. The van der Waals surface area contributed by atoms with Gasteiger partial charge in [-0.15, -0.1) is 0 Å². The molecule has 1 saturated carbocycles. The Hall–Kier alpha value is -0.220. The third-order valence-electron chi connectivity index (χ3n) is 3.63. The average molecular weight is 258 g/mol. The number of carbonyl (C=O) groups excluding carboxylic acids is 1. The van der Waals surface area contributed by atoms with Crippen LogP contribution in [-0.4, -0.2) is 23.0 Å². The van der Waals surface area contributed by atoms with Gasteiger partial charge in [0.2, 0.25) is 5.91 Å². The van der Waals surface area contributed by atoms with Gasteiger partial charge in [0.1, 0.15) is 0 Å². The lowest BCUT2D eigenvalue weighted by molar-refractivity contribution is -0.122. The van der Waals surface area contributed by atoms with E-state index in [2.05, 4.69) is 11.8 Å². The Kier molecular flexibility index (Phi) is 6.34. The highest BCUT2D eigenvalue weighted by molar-refractivity contribution is 7.99. The Morgan fingerprint density at radius 1 is 1.35 bits per heavy atom. The maximum atomic E-state index is 11.0. The second-order valence-corrected chi connectivity index (χ2v) is 6.61. The van der Waals surface area contributed by atoms with E-state index in [4.69, 9.17) is 11.5 Å². The van der Waals surface area contributed by atoms with Crippen molar-refractivity contribution in [2.45, 2.75) is 57.4 Å². The van der Waals surface area contributed by atoms with E-state index in [0.717, 1.165) is 18.8 Å². The zero-order valence-corrected chi connectivity index (χ0v) is 11.7. The molecule has 1 amide bonds. The van der Waals surface area contributed by atoms with Crippen molar-refractivity contribution in [3.8, 4) is 0 Å². The monoisotopic (exact) mass is 258 g/mol. The summed E-state index contributed by atoms with van der Waals surface area (Å²) < 4.78 is 0. The third kappa shape index (κ3) is 5.77. The molecule has 4 N–H and O–H groups in total. The summed E-state index contributed by atoms with van der Waals surface area (Å²) in [5, 5.41) is 0. The van der Waals surface area contributed by atoms with E-state index in [-0.39, 0.29) is 0 Å². The molecule has 1 unspecified atom stereocenters. The van der Waals surface area contributed by atoms with Crippen molar-refractivity contribution < 1.29 is 4.79 Å². The molecule has 3 nitrogen and oxygen atoms in total. The standard InChI is InChI=1S/C13H26N2OS/c1-13(15,12(14)16)8-4-5-9-17-10-11-6-2-3-7-11/h11H,2-10,15H2,1H3,(H2,14,16). The van der Waals surface area contributed by atoms with E-state index < -0.39 is 11.4 Å². The fraction of sp³-hybridized carbons (Fsp3) is 0.923. The Labute approximate surface area is 109 Å². The van der Waals surface area contributed by atoms with E-state index in [1.807, 2.05) is 0 Å². The number of thioether (sulfide) groups is 1. The predicted molar refractivity (Wildman–Crippen MR) is 74.9 cm³/mol. The second kappa shape index (κ2) is 7.27. The van der Waals surface area contributed by atoms with Gasteiger partial charge in [0.15, 0.2) is 0 Å². The van der Waals surface area contributed by atoms with Crippen LogP contribution in [0.1, 0.15) is 51.9 Å². The number of rotatable bonds is 8. The molecule has 1 aliphatic carbocycles. The van der Waals surface area contributed by atoms with Crippen LogP contribution in [0.4, 0.5) is 0 Å². The topological polar surface area (TPSA) is 69.1 Å². The Balaban J connectivity index is 1.95. The molecule has 0 heterocycles. The lowest BCUT2D eigenvalue weighted by Gasteiger charge is -2.19. The molecule has 100 valence electrons. The summed E-state index contributed by atoms with van der Waals surface area (Å²) in [6.07, 6.45) is 8.53. The zero-order valence-electron chi connectivity index (χ0n) is 10.9. The van der Waals surface area contributed by atoms with Gasteiger partial charge in [-0.05, 0) is 50.0 Å². The first kappa shape index (κ1) is 14.8. The predicted octanol–water partition coefficient (Wildman–Crippen LogP) is 2.28. The maximum Gasteiger partial charge on any atom is 0.237 e. The first-order valence-corrected chi connectivity index (χ1v) is 7.84. The third-order valence-corrected chi connectivity index (χ3v) is 4.91. The Morgan fingerprint density at radius 2 is 2.00 bits per heavy atom. The fourth-order valence-corrected chi connectivity index (χ4v) is 3.49. The van der Waals surface area contributed by atoms with Crippen LogP contribution in [-0.2, 0) is 4.79 Å². The summed E-state index contributed by atoms with van der Waals surface area (Å²) in [4.78, 5) is 11.0. The molecule has 0 aromatic carbocycles. The van der Waals surface area contributed by atoms with Crippen LogP contribution in [0.3, 0.4) is 0 Å². The van der Waals surface area contributed by atoms with E-state index >= 15 is 0 Å². The van der Waals surface area contributed by atoms with Crippen molar-refractivity contribution in [1.82, 2.24) is 0 Å². The first-order valence-electron chi connectivity index (χ1n) is 6.69. The van der Waals surface area contributed by atoms with E-state index in [1.165, 1.54) is 37.2 Å². The van der Waals surface area contributed by atoms with Crippen molar-refractivity contribution in [3.05, 3.63) is 0 Å². The number of nitrogens with two attached hydrogens (primary N) is 2. The Morgan fingerprint density at radius 3 is 2.59 bits per heavy atom. The van der Waals surface area contributed by atoms with Crippen molar-refractivity contribution in [3.63, 3.8) is 0 Å². The molecule has 1 aliphatic rings. The van der Waals surface area contributed by atoms with Gasteiger partial charge in [0.25, 0.3) is 0 Å². The van der Waals surface area contributed by atoms with Crippen LogP contribution < -0.4 is 11.5 Å². The molecular formula is C13H26N2OS. The van der Waals surface area contributed by atoms with Crippen LogP contribution in [0.5, 0.6) is 0 Å². The summed E-state index contributed by atoms with van der Waals surface area (Å²) in [5.74, 6) is 3.07. The molecule has 0 radical (unpaired) electrons. The Bertz CT molecular complexity index is 238. The molecule has 1 fully saturated rings. The highest BCUT2D eigenvalue weighted by Gasteiger charge is 2.24. The number of amides is 1. The summed E-state index contributed by atoms with van der Waals surface area (Å²) in [6, 6.07) is 0. The molecule has 0 aliphatic heterocycles. The molecule has 17 heavy (non-hydrogen) atoms. The lowest BCUT2D eigenvalue weighted by atomic mass is 9.96. The molecule has 1 rings (SSSR count). The van der Waals surface area contributed by atoms with Crippen LogP contribution in [0, 0.1) is 5.92 Å². The summed E-state index contributed by atoms with van der Waals surface area (Å²) >= 11 is 2.05. The molecule has 0 bridgehead atoms. The molecule has 0 aromatic rings. The van der Waals surface area contributed by atoms with Gasteiger partial charge in [-0.2, -0.15) is 11.8 Å². The van der Waals surface area contributed by atoms with Gasteiger partial charge < -0.3 is 11.5 Å². The van der Waals surface area contributed by atoms with Gasteiger partial charge >= 0.3 is 0 Å². The molecule has 1 atom stereocenters. The van der Waals surface area contributed by atoms with Crippen molar-refractivity contribution >= 4 is 17.7 Å². The summed E-state index contributed by atoms with van der Waals surface area (Å²) in [5.41, 5.74) is 10.2. The van der Waals surface area contributed by atoms with Crippen LogP contribution in [0.2, 0.25) is 0 Å². The zero-order chi connectivity index (χ0) is 12.7. The molecule has 0 aromatic heterocycles. The SMILES string of the molecule is CC(N)(CCCCSCC1CCCC1)C(N)=O. The van der Waals surface area contributed by atoms with E-state index in [1.54, 1.807) is 6.92 Å². The first-order chi connectivity index (χ1) is 8.02. The second-order valence-electron chi connectivity index (χ2n) is 5.46. The highest BCUT2D eigenvalue weighted by atomic mass is 32.2. The lowest BCUT2D eigenvalue weighted by Crippen LogP contribution is -2.49. The van der Waals surface area contributed by atoms with Crippen LogP contribution in [0.25, 0.3) is 0 Å². The van der Waals surface area contributed by atoms with Crippen molar-refractivity contribution in [2.24, 2.45) is 17.4 Å². The number of hydrogen-bond acceptors (Lipinski definition) is 3. The summed E-state index contributed by atoms with van der Waals surface area (Å²) in [6.45, 7) is 1.72. The van der Waals surface area contributed by atoms with Crippen LogP contribution >= 0.6 is 11.8 Å². The van der Waals surface area contributed by atoms with Crippen molar-refractivity contribution in [1.29, 1.82) is 0 Å². The molecule has 0 saturated heterocycles. The average Bonchev–Trinajstić information content (AvgIpc) is 2.75.